The van der Waals surface area contributed by atoms with Gasteiger partial charge >= 0.3 is 0 Å². The molecule has 8 heteroatoms. The fraction of sp³-hybridized carbons (Fsp3) is 0.600. The Morgan fingerprint density at radius 1 is 1.22 bits per heavy atom. The molecule has 130 valence electrons. The molecule has 0 atom stereocenters. The molecule has 0 spiro atoms. The molecule has 7 nitrogen and oxygen atoms in total. The van der Waals surface area contributed by atoms with E-state index in [0.29, 0.717) is 32.1 Å². The maximum atomic E-state index is 12.7. The smallest absolute Gasteiger partial charge is 0.246 e. The summed E-state index contributed by atoms with van der Waals surface area (Å²) in [5.41, 5.74) is 0. The number of benzene rings is 1. The van der Waals surface area contributed by atoms with Crippen LogP contribution in [-0.2, 0) is 14.8 Å². The lowest BCUT2D eigenvalue weighted by Crippen LogP contribution is -2.41. The van der Waals surface area contributed by atoms with E-state index in [2.05, 4.69) is 4.90 Å². The highest BCUT2D eigenvalue weighted by Gasteiger charge is 2.25. The molecular formula is C15H24N2O5S. The number of sulfonamides is 1. The summed E-state index contributed by atoms with van der Waals surface area (Å²) in [4.78, 5) is 2.34. The monoisotopic (exact) mass is 344 g/mol. The summed E-state index contributed by atoms with van der Waals surface area (Å²) in [6.45, 7) is 4.15. The molecule has 0 bridgehead atoms. The van der Waals surface area contributed by atoms with Crippen molar-refractivity contribution in [3.8, 4) is 11.5 Å². The molecule has 1 fully saturated rings. The number of likely N-dealkylation sites (N-methyl/N-ethyl adjacent to an activating group) is 1. The first-order chi connectivity index (χ1) is 11.0. The van der Waals surface area contributed by atoms with Crippen molar-refractivity contribution in [3.05, 3.63) is 18.2 Å². The molecule has 23 heavy (non-hydrogen) atoms. The van der Waals surface area contributed by atoms with E-state index in [0.717, 1.165) is 13.1 Å². The molecule has 0 saturated carbocycles. The van der Waals surface area contributed by atoms with Crippen LogP contribution in [0.25, 0.3) is 0 Å². The summed E-state index contributed by atoms with van der Waals surface area (Å²) in [7, 11) is 0.941. The second-order valence-corrected chi connectivity index (χ2v) is 7.31. The fourth-order valence-electron chi connectivity index (χ4n) is 2.38. The first-order valence-electron chi connectivity index (χ1n) is 7.47. The van der Waals surface area contributed by atoms with E-state index >= 15 is 0 Å². The molecule has 1 aromatic rings. The molecule has 1 heterocycles. The van der Waals surface area contributed by atoms with Crippen molar-refractivity contribution in [2.75, 3.05) is 60.7 Å². The Bertz CT molecular complexity index is 614. The third-order valence-electron chi connectivity index (χ3n) is 3.89. The number of morpholine rings is 1. The van der Waals surface area contributed by atoms with E-state index in [1.807, 2.05) is 0 Å². The molecule has 0 aromatic heterocycles. The first-order valence-corrected chi connectivity index (χ1v) is 8.91. The maximum absolute atomic E-state index is 12.7. The first kappa shape index (κ1) is 18.0. The Labute approximate surface area is 137 Å². The SMILES string of the molecule is COc1ccc(S(=O)(=O)N(C)CCN2CCOCC2)c(OC)c1. The van der Waals surface area contributed by atoms with Crippen LogP contribution in [-0.4, -0.2) is 78.3 Å². The molecule has 0 N–H and O–H groups in total. The summed E-state index contributed by atoms with van der Waals surface area (Å²) in [6.07, 6.45) is 0. The number of hydrogen-bond donors (Lipinski definition) is 0. The largest absolute Gasteiger partial charge is 0.497 e. The van der Waals surface area contributed by atoms with E-state index in [1.54, 1.807) is 19.2 Å². The third kappa shape index (κ3) is 4.35. The molecule has 0 radical (unpaired) electrons. The van der Waals surface area contributed by atoms with Crippen LogP contribution in [0.4, 0.5) is 0 Å². The van der Waals surface area contributed by atoms with E-state index in [-0.39, 0.29) is 10.6 Å². The van der Waals surface area contributed by atoms with Crippen LogP contribution in [0.3, 0.4) is 0 Å². The van der Waals surface area contributed by atoms with Gasteiger partial charge in [-0.3, -0.25) is 4.90 Å². The molecule has 0 amide bonds. The Kier molecular flexibility index (Phi) is 6.23. The van der Waals surface area contributed by atoms with Gasteiger partial charge in [-0.1, -0.05) is 0 Å². The van der Waals surface area contributed by atoms with Gasteiger partial charge in [0.15, 0.2) is 0 Å². The molecule has 0 unspecified atom stereocenters. The van der Waals surface area contributed by atoms with Crippen molar-refractivity contribution < 1.29 is 22.6 Å². The Hall–Kier alpha value is -1.35. The minimum atomic E-state index is -3.61. The van der Waals surface area contributed by atoms with Gasteiger partial charge in [0.2, 0.25) is 10.0 Å². The molecular weight excluding hydrogens is 320 g/mol. The number of nitrogens with zero attached hydrogens (tertiary/aromatic N) is 2. The van der Waals surface area contributed by atoms with Gasteiger partial charge in [-0.15, -0.1) is 0 Å². The van der Waals surface area contributed by atoms with Crippen molar-refractivity contribution in [1.29, 1.82) is 0 Å². The molecule has 0 aliphatic carbocycles. The van der Waals surface area contributed by atoms with Gasteiger partial charge in [-0.25, -0.2) is 8.42 Å². The van der Waals surface area contributed by atoms with E-state index in [9.17, 15) is 8.42 Å². The van der Waals surface area contributed by atoms with Crippen molar-refractivity contribution in [3.63, 3.8) is 0 Å². The highest BCUT2D eigenvalue weighted by Crippen LogP contribution is 2.30. The van der Waals surface area contributed by atoms with Gasteiger partial charge in [0.25, 0.3) is 0 Å². The van der Waals surface area contributed by atoms with Crippen LogP contribution in [0.15, 0.2) is 23.1 Å². The van der Waals surface area contributed by atoms with Gasteiger partial charge in [0.1, 0.15) is 16.4 Å². The van der Waals surface area contributed by atoms with Gasteiger partial charge in [0, 0.05) is 39.3 Å². The number of rotatable bonds is 7. The van der Waals surface area contributed by atoms with Gasteiger partial charge < -0.3 is 14.2 Å². The summed E-state index contributed by atoms with van der Waals surface area (Å²) in [6, 6.07) is 4.70. The third-order valence-corrected chi connectivity index (χ3v) is 5.79. The van der Waals surface area contributed by atoms with Crippen LogP contribution >= 0.6 is 0 Å². The van der Waals surface area contributed by atoms with Gasteiger partial charge in [-0.05, 0) is 12.1 Å². The zero-order chi connectivity index (χ0) is 16.9. The molecule has 1 aliphatic rings. The molecule has 1 aliphatic heterocycles. The van der Waals surface area contributed by atoms with E-state index in [4.69, 9.17) is 14.2 Å². The molecule has 1 aromatic carbocycles. The minimum Gasteiger partial charge on any atom is -0.497 e. The van der Waals surface area contributed by atoms with Gasteiger partial charge in [-0.2, -0.15) is 4.31 Å². The topological polar surface area (TPSA) is 68.3 Å². The zero-order valence-electron chi connectivity index (χ0n) is 13.8. The second-order valence-electron chi connectivity index (χ2n) is 5.30. The zero-order valence-corrected chi connectivity index (χ0v) is 14.6. The van der Waals surface area contributed by atoms with Crippen molar-refractivity contribution in [2.45, 2.75) is 4.90 Å². The minimum absolute atomic E-state index is 0.144. The summed E-state index contributed by atoms with van der Waals surface area (Å²) in [5.74, 6) is 0.833. The fourth-order valence-corrected chi connectivity index (χ4v) is 3.68. The van der Waals surface area contributed by atoms with Crippen molar-refractivity contribution in [1.82, 2.24) is 9.21 Å². The lowest BCUT2D eigenvalue weighted by atomic mass is 10.3. The normalized spacial score (nSPS) is 16.5. The van der Waals surface area contributed by atoms with Crippen molar-refractivity contribution >= 4 is 10.0 Å². The second kappa shape index (κ2) is 7.96. The van der Waals surface area contributed by atoms with Crippen LogP contribution in [0.1, 0.15) is 0 Å². The predicted molar refractivity (Wildman–Crippen MR) is 86.6 cm³/mol. The lowest BCUT2D eigenvalue weighted by Gasteiger charge is -2.28. The van der Waals surface area contributed by atoms with Crippen LogP contribution in [0.5, 0.6) is 11.5 Å². The van der Waals surface area contributed by atoms with Crippen LogP contribution in [0.2, 0.25) is 0 Å². The lowest BCUT2D eigenvalue weighted by molar-refractivity contribution is 0.0368. The Morgan fingerprint density at radius 3 is 2.52 bits per heavy atom. The van der Waals surface area contributed by atoms with E-state index in [1.165, 1.54) is 24.6 Å². The van der Waals surface area contributed by atoms with Crippen molar-refractivity contribution in [2.24, 2.45) is 0 Å². The number of ether oxygens (including phenoxy) is 3. The average molecular weight is 344 g/mol. The highest BCUT2D eigenvalue weighted by atomic mass is 32.2. The maximum Gasteiger partial charge on any atom is 0.246 e. The standard InChI is InChI=1S/C15H24N2O5S/c1-16(6-7-17-8-10-22-11-9-17)23(18,19)15-5-4-13(20-2)12-14(15)21-3/h4-5,12H,6-11H2,1-3H3. The number of methoxy groups -OCH3 is 2. The average Bonchev–Trinajstić information content (AvgIpc) is 2.59. The highest BCUT2D eigenvalue weighted by molar-refractivity contribution is 7.89. The summed E-state index contributed by atoms with van der Waals surface area (Å²) in [5, 5.41) is 0. The van der Waals surface area contributed by atoms with E-state index < -0.39 is 10.0 Å². The predicted octanol–water partition coefficient (Wildman–Crippen LogP) is 0.657. The van der Waals surface area contributed by atoms with Gasteiger partial charge in [0.05, 0.1) is 27.4 Å². The molecule has 2 rings (SSSR count). The Morgan fingerprint density at radius 2 is 1.91 bits per heavy atom. The Balaban J connectivity index is 2.10. The summed E-state index contributed by atoms with van der Waals surface area (Å²) < 4.78 is 42.5. The van der Waals surface area contributed by atoms with Crippen LogP contribution in [0, 0.1) is 0 Å². The number of hydrogen-bond acceptors (Lipinski definition) is 6. The van der Waals surface area contributed by atoms with Crippen LogP contribution < -0.4 is 9.47 Å². The quantitative estimate of drug-likeness (QED) is 0.724. The summed E-state index contributed by atoms with van der Waals surface area (Å²) >= 11 is 0. The molecule has 1 saturated heterocycles.